The van der Waals surface area contributed by atoms with Gasteiger partial charge in [-0.05, 0) is 43.4 Å². The van der Waals surface area contributed by atoms with Crippen molar-refractivity contribution in [2.75, 3.05) is 13.6 Å². The van der Waals surface area contributed by atoms with E-state index >= 15 is 0 Å². The number of carboxylic acids is 1. The first-order valence-corrected chi connectivity index (χ1v) is 8.53. The summed E-state index contributed by atoms with van der Waals surface area (Å²) in [6, 6.07) is 14.4. The topological polar surface area (TPSA) is 58.6 Å². The smallest absolute Gasteiger partial charge is 0.416 e. The lowest BCUT2D eigenvalue weighted by molar-refractivity contribution is -0.138. The Bertz CT molecular complexity index is 673. The summed E-state index contributed by atoms with van der Waals surface area (Å²) in [5.74, 6) is -0.317. The average Bonchev–Trinajstić information content (AvgIpc) is 2.66. The summed E-state index contributed by atoms with van der Waals surface area (Å²) < 4.78 is 43.6. The molecule has 0 heterocycles. The maximum Gasteiger partial charge on any atom is 0.416 e. The Hall–Kier alpha value is -2.54. The second-order valence-electron chi connectivity index (χ2n) is 5.68. The van der Waals surface area contributed by atoms with Gasteiger partial charge in [0, 0.05) is 12.8 Å². The summed E-state index contributed by atoms with van der Waals surface area (Å²) in [7, 11) is 1.85. The molecule has 1 unspecified atom stereocenters. The van der Waals surface area contributed by atoms with Gasteiger partial charge in [0.05, 0.1) is 5.56 Å². The highest BCUT2D eigenvalue weighted by atomic mass is 19.4. The van der Waals surface area contributed by atoms with Crippen molar-refractivity contribution in [1.29, 1.82) is 0 Å². The summed E-state index contributed by atoms with van der Waals surface area (Å²) in [6.45, 7) is 2.35. The Morgan fingerprint density at radius 2 is 1.67 bits per heavy atom. The highest BCUT2D eigenvalue weighted by Gasteiger charge is 2.30. The Morgan fingerprint density at radius 3 is 2.11 bits per heavy atom. The van der Waals surface area contributed by atoms with Gasteiger partial charge >= 0.3 is 12.1 Å². The van der Waals surface area contributed by atoms with Crippen LogP contribution in [0.15, 0.2) is 54.6 Å². The quantitative estimate of drug-likeness (QED) is 0.713. The van der Waals surface area contributed by atoms with Gasteiger partial charge in [-0.15, -0.1) is 0 Å². The molecule has 0 saturated carbocycles. The van der Waals surface area contributed by atoms with E-state index < -0.39 is 17.7 Å². The lowest BCUT2D eigenvalue weighted by Gasteiger charge is -2.20. The zero-order valence-electron chi connectivity index (χ0n) is 15.3. The monoisotopic (exact) mass is 383 g/mol. The van der Waals surface area contributed by atoms with Crippen molar-refractivity contribution in [2.45, 2.75) is 32.0 Å². The standard InChI is InChI=1S/C17H18F3NO.C3H6O2/c1-21-12-11-16(13-5-3-2-4-6-13)22-15-9-7-14(8-10-15)17(18,19)20;1-2-3(4)5/h2-10,16,21H,11-12H2,1H3;2H2,1H3,(H,4,5). The van der Waals surface area contributed by atoms with Crippen molar-refractivity contribution >= 4 is 5.97 Å². The minimum Gasteiger partial charge on any atom is -0.486 e. The minimum absolute atomic E-state index is 0.203. The van der Waals surface area contributed by atoms with E-state index in [9.17, 15) is 18.0 Å². The van der Waals surface area contributed by atoms with Crippen LogP contribution in [0, 0.1) is 0 Å². The van der Waals surface area contributed by atoms with Gasteiger partial charge < -0.3 is 15.2 Å². The molecule has 0 spiro atoms. The maximum absolute atomic E-state index is 12.6. The number of halogens is 3. The molecule has 0 aliphatic heterocycles. The van der Waals surface area contributed by atoms with Gasteiger partial charge in [0.15, 0.2) is 0 Å². The predicted octanol–water partition coefficient (Wildman–Crippen LogP) is 4.92. The van der Waals surface area contributed by atoms with Gasteiger partial charge in [-0.3, -0.25) is 4.79 Å². The number of alkyl halides is 3. The number of aliphatic carboxylic acids is 1. The van der Waals surface area contributed by atoms with Crippen LogP contribution in [0.5, 0.6) is 5.75 Å². The van der Waals surface area contributed by atoms with E-state index in [0.29, 0.717) is 5.75 Å². The lowest BCUT2D eigenvalue weighted by atomic mass is 10.1. The van der Waals surface area contributed by atoms with Crippen LogP contribution in [0.3, 0.4) is 0 Å². The molecule has 0 amide bonds. The molecule has 0 radical (unpaired) electrons. The molecule has 2 aromatic carbocycles. The van der Waals surface area contributed by atoms with Gasteiger partial charge in [-0.1, -0.05) is 37.3 Å². The largest absolute Gasteiger partial charge is 0.486 e. The molecule has 2 aromatic rings. The van der Waals surface area contributed by atoms with Gasteiger partial charge in [-0.2, -0.15) is 13.2 Å². The van der Waals surface area contributed by atoms with Crippen LogP contribution < -0.4 is 10.1 Å². The van der Waals surface area contributed by atoms with Crippen molar-refractivity contribution in [3.63, 3.8) is 0 Å². The van der Waals surface area contributed by atoms with E-state index in [4.69, 9.17) is 9.84 Å². The van der Waals surface area contributed by atoms with Crippen LogP contribution in [0.1, 0.15) is 37.0 Å². The van der Waals surface area contributed by atoms with E-state index in [0.717, 1.165) is 30.7 Å². The van der Waals surface area contributed by atoms with Crippen molar-refractivity contribution in [1.82, 2.24) is 5.32 Å². The molecule has 0 aliphatic carbocycles. The van der Waals surface area contributed by atoms with Crippen LogP contribution >= 0.6 is 0 Å². The summed E-state index contributed by atoms with van der Waals surface area (Å²) in [5, 5.41) is 10.8. The fraction of sp³-hybridized carbons (Fsp3) is 0.350. The normalized spacial score (nSPS) is 11.9. The number of carbonyl (C=O) groups is 1. The Morgan fingerprint density at radius 1 is 1.11 bits per heavy atom. The molecule has 4 nitrogen and oxygen atoms in total. The fourth-order valence-electron chi connectivity index (χ4n) is 2.12. The molecule has 2 rings (SSSR count). The Kier molecular flexibility index (Phi) is 9.36. The number of rotatable bonds is 7. The molecule has 7 heteroatoms. The average molecular weight is 383 g/mol. The number of benzene rings is 2. The summed E-state index contributed by atoms with van der Waals surface area (Å²) >= 11 is 0. The molecule has 2 N–H and O–H groups in total. The number of hydrogen-bond acceptors (Lipinski definition) is 3. The number of hydrogen-bond donors (Lipinski definition) is 2. The minimum atomic E-state index is -4.33. The third kappa shape index (κ3) is 8.59. The molecule has 0 bridgehead atoms. The van der Waals surface area contributed by atoms with E-state index in [1.807, 2.05) is 37.4 Å². The van der Waals surface area contributed by atoms with Crippen LogP contribution in [-0.2, 0) is 11.0 Å². The summed E-state index contributed by atoms with van der Waals surface area (Å²) in [6.07, 6.45) is -3.59. The van der Waals surface area contributed by atoms with Crippen LogP contribution in [0.2, 0.25) is 0 Å². The van der Waals surface area contributed by atoms with Crippen molar-refractivity contribution < 1.29 is 27.8 Å². The number of nitrogens with one attached hydrogen (secondary N) is 1. The summed E-state index contributed by atoms with van der Waals surface area (Å²) in [5.41, 5.74) is 0.323. The predicted molar refractivity (Wildman–Crippen MR) is 97.7 cm³/mol. The van der Waals surface area contributed by atoms with Crippen molar-refractivity contribution in [3.05, 3.63) is 65.7 Å². The van der Waals surface area contributed by atoms with E-state index in [2.05, 4.69) is 5.32 Å². The summed E-state index contributed by atoms with van der Waals surface area (Å²) in [4.78, 5) is 9.37. The molecule has 148 valence electrons. The van der Waals surface area contributed by atoms with Crippen molar-refractivity contribution in [2.24, 2.45) is 0 Å². The molecule has 0 saturated heterocycles. The molecular formula is C20H24F3NO3. The molecule has 1 atom stereocenters. The number of carboxylic acid groups (broad SMARTS) is 1. The zero-order valence-corrected chi connectivity index (χ0v) is 15.3. The van der Waals surface area contributed by atoms with Gasteiger partial charge in [0.25, 0.3) is 0 Å². The van der Waals surface area contributed by atoms with E-state index in [1.165, 1.54) is 12.1 Å². The van der Waals surface area contributed by atoms with Gasteiger partial charge in [0.2, 0.25) is 0 Å². The molecule has 0 aromatic heterocycles. The SMILES string of the molecule is CCC(=O)O.CNCCC(Oc1ccc(C(F)(F)F)cc1)c1ccccc1. The highest BCUT2D eigenvalue weighted by Crippen LogP contribution is 2.31. The molecule has 0 fully saturated rings. The third-order valence-corrected chi connectivity index (χ3v) is 3.59. The highest BCUT2D eigenvalue weighted by molar-refractivity contribution is 5.66. The van der Waals surface area contributed by atoms with Crippen LogP contribution in [-0.4, -0.2) is 24.7 Å². The third-order valence-electron chi connectivity index (χ3n) is 3.59. The zero-order chi connectivity index (χ0) is 20.3. The molecular weight excluding hydrogens is 359 g/mol. The first-order valence-electron chi connectivity index (χ1n) is 8.53. The van der Waals surface area contributed by atoms with Crippen LogP contribution in [0.25, 0.3) is 0 Å². The fourth-order valence-corrected chi connectivity index (χ4v) is 2.12. The first-order chi connectivity index (χ1) is 12.8. The van der Waals surface area contributed by atoms with E-state index in [1.54, 1.807) is 6.92 Å². The maximum atomic E-state index is 12.6. The Labute approximate surface area is 157 Å². The molecule has 0 aliphatic rings. The van der Waals surface area contributed by atoms with Crippen molar-refractivity contribution in [3.8, 4) is 5.75 Å². The lowest BCUT2D eigenvalue weighted by Crippen LogP contribution is -2.16. The van der Waals surface area contributed by atoms with Crippen LogP contribution in [0.4, 0.5) is 13.2 Å². The van der Waals surface area contributed by atoms with E-state index in [-0.39, 0.29) is 12.5 Å². The van der Waals surface area contributed by atoms with Gasteiger partial charge in [0.1, 0.15) is 11.9 Å². The molecule has 27 heavy (non-hydrogen) atoms. The second-order valence-corrected chi connectivity index (χ2v) is 5.68. The Balaban J connectivity index is 0.000000646. The number of ether oxygens (including phenoxy) is 1. The van der Waals surface area contributed by atoms with Gasteiger partial charge in [-0.25, -0.2) is 0 Å². The first kappa shape index (κ1) is 22.5. The second kappa shape index (κ2) is 11.2.